The van der Waals surface area contributed by atoms with Crippen LogP contribution in [0.1, 0.15) is 111 Å². The number of cyclic esters (lactones) is 1. The number of ether oxygens (including phenoxy) is 4. The first-order valence-corrected chi connectivity index (χ1v) is 13.1. The molecule has 1 heterocycles. The largest absolute Gasteiger partial charge is 0.514 e. The van der Waals surface area contributed by atoms with Gasteiger partial charge in [-0.1, -0.05) is 84.0 Å². The highest BCUT2D eigenvalue weighted by molar-refractivity contribution is 5.91. The van der Waals surface area contributed by atoms with Crippen molar-refractivity contribution in [3.63, 3.8) is 0 Å². The molecule has 0 aromatic heterocycles. The summed E-state index contributed by atoms with van der Waals surface area (Å²) in [5.74, 6) is -3.10. The smallest absolute Gasteiger partial charge is 0.505 e. The Morgan fingerprint density at radius 1 is 0.914 bits per heavy atom. The minimum Gasteiger partial charge on any atom is -0.505 e. The lowest BCUT2D eigenvalue weighted by atomic mass is 10.0. The molecule has 2 atom stereocenters. The number of carbonyl (C=O) groups excluding carboxylic acids is 3. The molecule has 2 N–H and O–H groups in total. The van der Waals surface area contributed by atoms with Crippen LogP contribution >= 0.6 is 0 Å². The SMILES string of the molecule is CCCCCCCCCCCCCCCC(=O)OC[C@H](O)[C@H]1OC(=O)C(OC(=O)OC(C)C)=C1O. The molecule has 1 aliphatic rings. The Hall–Kier alpha value is -2.29. The summed E-state index contributed by atoms with van der Waals surface area (Å²) in [6, 6.07) is 0. The lowest BCUT2D eigenvalue weighted by Gasteiger charge is -2.17. The highest BCUT2D eigenvalue weighted by Gasteiger charge is 2.42. The van der Waals surface area contributed by atoms with Gasteiger partial charge in [0.25, 0.3) is 5.76 Å². The number of rotatable bonds is 19. The Morgan fingerprint density at radius 2 is 1.43 bits per heavy atom. The maximum absolute atomic E-state index is 11.9. The predicted octanol–water partition coefficient (Wildman–Crippen LogP) is 5.63. The first-order valence-electron chi connectivity index (χ1n) is 13.1. The van der Waals surface area contributed by atoms with Crippen molar-refractivity contribution in [2.45, 2.75) is 129 Å². The molecule has 1 rings (SSSR count). The van der Waals surface area contributed by atoms with Crippen molar-refractivity contribution in [2.24, 2.45) is 0 Å². The third-order valence-electron chi connectivity index (χ3n) is 5.69. The first kappa shape index (κ1) is 30.7. The Labute approximate surface area is 209 Å². The summed E-state index contributed by atoms with van der Waals surface area (Å²) in [7, 11) is 0. The summed E-state index contributed by atoms with van der Waals surface area (Å²) >= 11 is 0. The average Bonchev–Trinajstić information content (AvgIpc) is 3.08. The maximum atomic E-state index is 11.9. The molecule has 0 radical (unpaired) electrons. The van der Waals surface area contributed by atoms with E-state index in [0.29, 0.717) is 6.42 Å². The molecule has 9 nitrogen and oxygen atoms in total. The molecule has 0 aromatic carbocycles. The highest BCUT2D eigenvalue weighted by atomic mass is 16.7. The van der Waals surface area contributed by atoms with Gasteiger partial charge in [0.1, 0.15) is 12.7 Å². The van der Waals surface area contributed by atoms with Gasteiger partial charge in [0, 0.05) is 6.42 Å². The van der Waals surface area contributed by atoms with Gasteiger partial charge in [0.05, 0.1) is 6.10 Å². The molecule has 35 heavy (non-hydrogen) atoms. The Morgan fingerprint density at radius 3 is 1.94 bits per heavy atom. The van der Waals surface area contributed by atoms with Gasteiger partial charge >= 0.3 is 18.1 Å². The summed E-state index contributed by atoms with van der Waals surface area (Å²) in [5, 5.41) is 20.2. The lowest BCUT2D eigenvalue weighted by molar-refractivity contribution is -0.154. The van der Waals surface area contributed by atoms with E-state index in [4.69, 9.17) is 14.2 Å². The number of esters is 2. The second-order valence-corrected chi connectivity index (χ2v) is 9.30. The van der Waals surface area contributed by atoms with Crippen LogP contribution < -0.4 is 0 Å². The topological polar surface area (TPSA) is 129 Å². The summed E-state index contributed by atoms with van der Waals surface area (Å²) in [5.41, 5.74) is 0. The lowest BCUT2D eigenvalue weighted by Crippen LogP contribution is -2.33. The van der Waals surface area contributed by atoms with Crippen LogP contribution in [0.4, 0.5) is 4.79 Å². The zero-order chi connectivity index (χ0) is 26.1. The van der Waals surface area contributed by atoms with E-state index in [2.05, 4.69) is 11.7 Å². The van der Waals surface area contributed by atoms with Crippen LogP contribution in [0, 0.1) is 0 Å². The van der Waals surface area contributed by atoms with Crippen molar-refractivity contribution in [1.29, 1.82) is 0 Å². The van der Waals surface area contributed by atoms with Crippen LogP contribution in [0.3, 0.4) is 0 Å². The van der Waals surface area contributed by atoms with Crippen molar-refractivity contribution in [1.82, 2.24) is 0 Å². The van der Waals surface area contributed by atoms with Gasteiger partial charge in [-0.3, -0.25) is 4.79 Å². The quantitative estimate of drug-likeness (QED) is 0.132. The van der Waals surface area contributed by atoms with Crippen LogP contribution in [0.2, 0.25) is 0 Å². The molecule has 0 amide bonds. The number of unbranched alkanes of at least 4 members (excludes halogenated alkanes) is 12. The standard InChI is InChI=1S/C26H44O9/c1-4-5-6-7-8-9-10-11-12-13-14-15-16-17-21(28)32-18-20(27)23-22(29)24(25(30)34-23)35-26(31)33-19(2)3/h19-20,23,27,29H,4-18H2,1-3H3/t20-,23+/m0/s1. The molecule has 1 aliphatic heterocycles. The molecule has 0 spiro atoms. The molecule has 0 aromatic rings. The van der Waals surface area contributed by atoms with Crippen molar-refractivity contribution >= 4 is 18.1 Å². The molecule has 9 heteroatoms. The third kappa shape index (κ3) is 13.4. The molecule has 202 valence electrons. The monoisotopic (exact) mass is 500 g/mol. The number of hydrogen-bond donors (Lipinski definition) is 2. The van der Waals surface area contributed by atoms with Crippen molar-refractivity contribution in [2.75, 3.05) is 6.61 Å². The van der Waals surface area contributed by atoms with Crippen LogP contribution in [0.5, 0.6) is 0 Å². The zero-order valence-corrected chi connectivity index (χ0v) is 21.6. The molecular weight excluding hydrogens is 456 g/mol. The van der Waals surface area contributed by atoms with E-state index in [-0.39, 0.29) is 6.42 Å². The number of carbonyl (C=O) groups is 3. The maximum Gasteiger partial charge on any atom is 0.514 e. The van der Waals surface area contributed by atoms with Crippen LogP contribution in [0.25, 0.3) is 0 Å². The molecule has 0 bridgehead atoms. The number of aliphatic hydroxyl groups is 2. The van der Waals surface area contributed by atoms with Crippen LogP contribution in [-0.2, 0) is 28.5 Å². The van der Waals surface area contributed by atoms with E-state index in [1.807, 2.05) is 0 Å². The summed E-state index contributed by atoms with van der Waals surface area (Å²) in [6.07, 6.45) is 11.3. The second kappa shape index (κ2) is 18.0. The molecule has 0 unspecified atom stereocenters. The van der Waals surface area contributed by atoms with Gasteiger partial charge < -0.3 is 29.2 Å². The summed E-state index contributed by atoms with van der Waals surface area (Å²) in [4.78, 5) is 35.3. The fourth-order valence-corrected chi connectivity index (χ4v) is 3.74. The van der Waals surface area contributed by atoms with Crippen molar-refractivity contribution in [3.05, 3.63) is 11.5 Å². The van der Waals surface area contributed by atoms with E-state index in [0.717, 1.165) is 19.3 Å². The van der Waals surface area contributed by atoms with Crippen LogP contribution in [0.15, 0.2) is 11.5 Å². The highest BCUT2D eigenvalue weighted by Crippen LogP contribution is 2.25. The first-order chi connectivity index (χ1) is 16.8. The van der Waals surface area contributed by atoms with Gasteiger partial charge in [0.15, 0.2) is 11.9 Å². The number of hydrogen-bond acceptors (Lipinski definition) is 9. The molecule has 0 fully saturated rings. The Bertz CT molecular complexity index is 672. The van der Waals surface area contributed by atoms with Gasteiger partial charge in [0.2, 0.25) is 0 Å². The summed E-state index contributed by atoms with van der Waals surface area (Å²) < 4.78 is 19.3. The average molecular weight is 501 g/mol. The van der Waals surface area contributed by atoms with Gasteiger partial charge in [-0.25, -0.2) is 9.59 Å². The minimum atomic E-state index is -1.50. The van der Waals surface area contributed by atoms with E-state index in [1.165, 1.54) is 57.8 Å². The summed E-state index contributed by atoms with van der Waals surface area (Å²) in [6.45, 7) is 4.93. The Kier molecular flexibility index (Phi) is 15.8. The van der Waals surface area contributed by atoms with Crippen LogP contribution in [-0.4, -0.2) is 53.2 Å². The molecule has 0 aliphatic carbocycles. The van der Waals surface area contributed by atoms with E-state index in [1.54, 1.807) is 13.8 Å². The van der Waals surface area contributed by atoms with E-state index >= 15 is 0 Å². The number of aliphatic hydroxyl groups excluding tert-OH is 2. The molecule has 0 saturated heterocycles. The van der Waals surface area contributed by atoms with Gasteiger partial charge in [-0.05, 0) is 20.3 Å². The third-order valence-corrected chi connectivity index (χ3v) is 5.69. The zero-order valence-electron chi connectivity index (χ0n) is 21.6. The van der Waals surface area contributed by atoms with Gasteiger partial charge in [-0.2, -0.15) is 0 Å². The predicted molar refractivity (Wildman–Crippen MR) is 130 cm³/mol. The normalized spacial score (nSPS) is 16.4. The minimum absolute atomic E-state index is 0.228. The Balaban J connectivity index is 2.13. The molecule has 0 saturated carbocycles. The van der Waals surface area contributed by atoms with Crippen molar-refractivity contribution in [3.8, 4) is 0 Å². The van der Waals surface area contributed by atoms with Crippen molar-refractivity contribution < 1.29 is 43.5 Å². The fourth-order valence-electron chi connectivity index (χ4n) is 3.74. The van der Waals surface area contributed by atoms with E-state index in [9.17, 15) is 24.6 Å². The molecular formula is C26H44O9. The van der Waals surface area contributed by atoms with E-state index < -0.39 is 54.5 Å². The fraction of sp³-hybridized carbons (Fsp3) is 0.808. The van der Waals surface area contributed by atoms with Gasteiger partial charge in [-0.15, -0.1) is 0 Å². The second-order valence-electron chi connectivity index (χ2n) is 9.30.